The van der Waals surface area contributed by atoms with Crippen molar-refractivity contribution in [2.75, 3.05) is 6.61 Å². The van der Waals surface area contributed by atoms with Crippen molar-refractivity contribution in [1.82, 2.24) is 0 Å². The maximum atomic E-state index is 5.48. The molecule has 0 saturated heterocycles. The van der Waals surface area contributed by atoms with Crippen LogP contribution >= 0.6 is 0 Å². The number of hydrogen-bond acceptors (Lipinski definition) is 2. The Morgan fingerprint density at radius 2 is 1.75 bits per heavy atom. The van der Waals surface area contributed by atoms with Gasteiger partial charge in [0.15, 0.2) is 0 Å². The van der Waals surface area contributed by atoms with E-state index in [1.54, 1.807) is 0 Å². The Labute approximate surface area is 76.3 Å². The highest BCUT2D eigenvalue weighted by Crippen LogP contribution is 2.16. The van der Waals surface area contributed by atoms with Gasteiger partial charge in [-0.15, -0.1) is 0 Å². The van der Waals surface area contributed by atoms with Crippen LogP contribution in [0.2, 0.25) is 0 Å². The van der Waals surface area contributed by atoms with Gasteiger partial charge in [0.05, 0.1) is 12.2 Å². The second-order valence-corrected chi connectivity index (χ2v) is 4.41. The third kappa shape index (κ3) is 8.02. The fourth-order valence-electron chi connectivity index (χ4n) is 0.745. The fourth-order valence-corrected chi connectivity index (χ4v) is 0.745. The van der Waals surface area contributed by atoms with Crippen LogP contribution in [0.1, 0.15) is 41.5 Å². The first kappa shape index (κ1) is 11.9. The Bertz CT molecular complexity index is 113. The van der Waals surface area contributed by atoms with Crippen LogP contribution in [-0.4, -0.2) is 12.2 Å². The summed E-state index contributed by atoms with van der Waals surface area (Å²) in [5.74, 6) is 0.545. The van der Waals surface area contributed by atoms with Gasteiger partial charge >= 0.3 is 0 Å². The van der Waals surface area contributed by atoms with Gasteiger partial charge in [-0.3, -0.25) is 0 Å². The van der Waals surface area contributed by atoms with E-state index < -0.39 is 0 Å². The first-order valence-corrected chi connectivity index (χ1v) is 4.46. The Morgan fingerprint density at radius 1 is 1.25 bits per heavy atom. The van der Waals surface area contributed by atoms with Crippen LogP contribution < -0.4 is 0 Å². The standard InChI is InChI=1S/C10H21O2/c1-8(2)7-11-9(3)12-10(4,5)6/h8H,7H2,1-6H3. The van der Waals surface area contributed by atoms with E-state index in [1.165, 1.54) is 0 Å². The Hall–Kier alpha value is -0.0800. The van der Waals surface area contributed by atoms with Gasteiger partial charge in [0.1, 0.15) is 0 Å². The molecule has 0 fully saturated rings. The zero-order chi connectivity index (χ0) is 9.78. The molecule has 0 unspecified atom stereocenters. The summed E-state index contributed by atoms with van der Waals surface area (Å²) in [5.41, 5.74) is -0.152. The maximum Gasteiger partial charge on any atom is 0.221 e. The third-order valence-electron chi connectivity index (χ3n) is 1.07. The summed E-state index contributed by atoms with van der Waals surface area (Å²) < 4.78 is 10.9. The van der Waals surface area contributed by atoms with Gasteiger partial charge in [-0.1, -0.05) is 13.8 Å². The molecule has 0 rings (SSSR count). The van der Waals surface area contributed by atoms with Gasteiger partial charge in [0, 0.05) is 0 Å². The van der Waals surface area contributed by atoms with Crippen LogP contribution in [0, 0.1) is 12.2 Å². The Morgan fingerprint density at radius 3 is 2.08 bits per heavy atom. The number of hydrogen-bond donors (Lipinski definition) is 0. The van der Waals surface area contributed by atoms with Crippen LogP contribution in [0.15, 0.2) is 0 Å². The van der Waals surface area contributed by atoms with Crippen molar-refractivity contribution in [2.45, 2.75) is 47.1 Å². The van der Waals surface area contributed by atoms with E-state index in [0.29, 0.717) is 12.2 Å². The zero-order valence-electron chi connectivity index (χ0n) is 9.10. The molecule has 0 aliphatic rings. The molecule has 0 spiro atoms. The number of ether oxygens (including phenoxy) is 2. The van der Waals surface area contributed by atoms with Crippen molar-refractivity contribution in [3.63, 3.8) is 0 Å². The van der Waals surface area contributed by atoms with Crippen LogP contribution in [0.5, 0.6) is 0 Å². The second-order valence-electron chi connectivity index (χ2n) is 4.41. The van der Waals surface area contributed by atoms with E-state index in [-0.39, 0.29) is 5.60 Å². The minimum absolute atomic E-state index is 0.152. The summed E-state index contributed by atoms with van der Waals surface area (Å²) in [6.45, 7) is 12.8. The van der Waals surface area contributed by atoms with Gasteiger partial charge in [0.2, 0.25) is 6.29 Å². The van der Waals surface area contributed by atoms with Gasteiger partial charge in [-0.2, -0.15) is 0 Å². The van der Waals surface area contributed by atoms with Gasteiger partial charge in [0.25, 0.3) is 0 Å². The van der Waals surface area contributed by atoms with Gasteiger partial charge in [-0.25, -0.2) is 0 Å². The Kier molecular flexibility index (Phi) is 4.80. The lowest BCUT2D eigenvalue weighted by molar-refractivity contribution is -0.109. The molecule has 2 nitrogen and oxygen atoms in total. The predicted molar refractivity (Wildman–Crippen MR) is 50.5 cm³/mol. The molecule has 0 N–H and O–H groups in total. The predicted octanol–water partition coefficient (Wildman–Crippen LogP) is 2.98. The lowest BCUT2D eigenvalue weighted by atomic mass is 10.2. The second kappa shape index (κ2) is 4.83. The molecule has 0 aliphatic heterocycles. The topological polar surface area (TPSA) is 18.5 Å². The molecule has 0 amide bonds. The molecular weight excluding hydrogens is 152 g/mol. The van der Waals surface area contributed by atoms with Crippen molar-refractivity contribution >= 4 is 0 Å². The SMILES string of the molecule is C[C](OCC(C)C)OC(C)(C)C. The van der Waals surface area contributed by atoms with E-state index in [4.69, 9.17) is 9.47 Å². The minimum Gasteiger partial charge on any atom is -0.345 e. The summed E-state index contributed by atoms with van der Waals surface area (Å²) in [6, 6.07) is 0. The molecule has 0 aliphatic carbocycles. The summed E-state index contributed by atoms with van der Waals surface area (Å²) in [4.78, 5) is 0. The van der Waals surface area contributed by atoms with Gasteiger partial charge in [-0.05, 0) is 33.6 Å². The highest BCUT2D eigenvalue weighted by molar-refractivity contribution is 4.67. The molecule has 0 heterocycles. The van der Waals surface area contributed by atoms with E-state index in [1.807, 2.05) is 27.7 Å². The van der Waals surface area contributed by atoms with Gasteiger partial charge < -0.3 is 9.47 Å². The molecule has 12 heavy (non-hydrogen) atoms. The molecule has 0 aromatic rings. The van der Waals surface area contributed by atoms with E-state index in [9.17, 15) is 0 Å². The average Bonchev–Trinajstić information content (AvgIpc) is 1.79. The molecule has 0 atom stereocenters. The molecule has 0 saturated carbocycles. The summed E-state index contributed by atoms with van der Waals surface area (Å²) in [7, 11) is 0. The highest BCUT2D eigenvalue weighted by atomic mass is 16.7. The largest absolute Gasteiger partial charge is 0.345 e. The maximum absolute atomic E-state index is 5.48. The zero-order valence-corrected chi connectivity index (χ0v) is 9.10. The molecular formula is C10H21O2. The quantitative estimate of drug-likeness (QED) is 0.650. The van der Waals surface area contributed by atoms with E-state index >= 15 is 0 Å². The molecule has 1 radical (unpaired) electrons. The highest BCUT2D eigenvalue weighted by Gasteiger charge is 2.16. The monoisotopic (exact) mass is 173 g/mol. The van der Waals surface area contributed by atoms with Crippen LogP contribution in [0.25, 0.3) is 0 Å². The van der Waals surface area contributed by atoms with E-state index in [0.717, 1.165) is 6.61 Å². The molecule has 0 aromatic heterocycles. The van der Waals surface area contributed by atoms with Crippen molar-refractivity contribution in [2.24, 2.45) is 5.92 Å². The fraction of sp³-hybridized carbons (Fsp3) is 0.900. The summed E-state index contributed by atoms with van der Waals surface area (Å²) >= 11 is 0. The van der Waals surface area contributed by atoms with Crippen molar-refractivity contribution < 1.29 is 9.47 Å². The van der Waals surface area contributed by atoms with Crippen molar-refractivity contribution in [1.29, 1.82) is 0 Å². The summed E-state index contributed by atoms with van der Waals surface area (Å²) in [5, 5.41) is 0. The molecule has 0 aromatic carbocycles. The summed E-state index contributed by atoms with van der Waals surface area (Å²) in [6.07, 6.45) is 0.663. The number of rotatable bonds is 4. The van der Waals surface area contributed by atoms with Crippen molar-refractivity contribution in [3.8, 4) is 0 Å². The normalized spacial score (nSPS) is 13.0. The molecule has 0 bridgehead atoms. The van der Waals surface area contributed by atoms with E-state index in [2.05, 4.69) is 13.8 Å². The smallest absolute Gasteiger partial charge is 0.221 e. The molecule has 73 valence electrons. The van der Waals surface area contributed by atoms with Crippen molar-refractivity contribution in [3.05, 3.63) is 6.29 Å². The first-order valence-electron chi connectivity index (χ1n) is 4.46. The Balaban J connectivity index is 3.53. The van der Waals surface area contributed by atoms with Crippen LogP contribution in [0.3, 0.4) is 0 Å². The third-order valence-corrected chi connectivity index (χ3v) is 1.07. The molecule has 2 heteroatoms. The lowest BCUT2D eigenvalue weighted by Crippen LogP contribution is -2.23. The lowest BCUT2D eigenvalue weighted by Gasteiger charge is -2.24. The average molecular weight is 173 g/mol. The van der Waals surface area contributed by atoms with Crippen LogP contribution in [0.4, 0.5) is 0 Å². The van der Waals surface area contributed by atoms with Crippen LogP contribution in [-0.2, 0) is 9.47 Å². The first-order chi connectivity index (χ1) is 5.31. The minimum atomic E-state index is -0.152.